The fourth-order valence-corrected chi connectivity index (χ4v) is 2.37. The lowest BCUT2D eigenvalue weighted by atomic mass is 9.93. The van der Waals surface area contributed by atoms with Crippen molar-refractivity contribution >= 4 is 35.6 Å². The summed E-state index contributed by atoms with van der Waals surface area (Å²) in [4.78, 5) is 11.7. The van der Waals surface area contributed by atoms with Crippen LogP contribution in [-0.2, 0) is 12.8 Å². The van der Waals surface area contributed by atoms with Crippen molar-refractivity contribution in [2.75, 3.05) is 0 Å². The monoisotopic (exact) mass is 272 g/mol. The highest BCUT2D eigenvalue weighted by Gasteiger charge is 2.16. The topological polar surface area (TPSA) is 30.2 Å². The molecule has 0 radical (unpaired) electrons. The van der Waals surface area contributed by atoms with Crippen molar-refractivity contribution in [2.45, 2.75) is 25.7 Å². The van der Waals surface area contributed by atoms with Crippen LogP contribution in [0, 0.1) is 0 Å². The highest BCUT2D eigenvalue weighted by Crippen LogP contribution is 2.26. The lowest BCUT2D eigenvalue weighted by molar-refractivity contribution is 0.436. The Morgan fingerprint density at radius 3 is 2.35 bits per heavy atom. The molecule has 0 N–H and O–H groups in total. The predicted molar refractivity (Wildman–Crippen MR) is 73.6 cm³/mol. The van der Waals surface area contributed by atoms with Crippen LogP contribution in [0.4, 0.5) is 0 Å². The van der Waals surface area contributed by atoms with Gasteiger partial charge in [-0.2, -0.15) is 0 Å². The molecule has 0 spiro atoms. The van der Waals surface area contributed by atoms with Crippen molar-refractivity contribution in [2.24, 2.45) is 0 Å². The summed E-state index contributed by atoms with van der Waals surface area (Å²) in [6.07, 6.45) is 4.29. The van der Waals surface area contributed by atoms with Gasteiger partial charge in [-0.1, -0.05) is 18.2 Å². The van der Waals surface area contributed by atoms with Crippen LogP contribution in [0.2, 0.25) is 0 Å². The summed E-state index contributed by atoms with van der Waals surface area (Å²) in [5, 5.41) is 1.81. The van der Waals surface area contributed by atoms with Gasteiger partial charge in [0.25, 0.3) is 0 Å². The number of fused-ring (bicyclic) bond motifs is 3. The van der Waals surface area contributed by atoms with Gasteiger partial charge in [-0.05, 0) is 36.3 Å². The van der Waals surface area contributed by atoms with E-state index in [2.05, 4.69) is 0 Å². The van der Waals surface area contributed by atoms with E-state index in [1.165, 1.54) is 12.0 Å². The van der Waals surface area contributed by atoms with Gasteiger partial charge in [-0.15, -0.1) is 24.8 Å². The maximum Gasteiger partial charge on any atom is 0.343 e. The zero-order valence-corrected chi connectivity index (χ0v) is 10.9. The summed E-state index contributed by atoms with van der Waals surface area (Å²) in [5.74, 6) is 0.907. The lowest BCUT2D eigenvalue weighted by Gasteiger charge is -2.15. The van der Waals surface area contributed by atoms with Crippen LogP contribution in [-0.4, -0.2) is 0 Å². The van der Waals surface area contributed by atoms with Crippen molar-refractivity contribution in [3.8, 4) is 0 Å². The van der Waals surface area contributed by atoms with Gasteiger partial charge in [0.1, 0.15) is 5.76 Å². The maximum atomic E-state index is 11.7. The molecule has 0 amide bonds. The Morgan fingerprint density at radius 2 is 1.59 bits per heavy atom. The van der Waals surface area contributed by atoms with Crippen molar-refractivity contribution < 1.29 is 4.42 Å². The molecule has 2 nitrogen and oxygen atoms in total. The molecule has 92 valence electrons. The van der Waals surface area contributed by atoms with E-state index in [4.69, 9.17) is 4.42 Å². The Balaban J connectivity index is 0.000000722. The molecule has 1 aromatic heterocycles. The molecule has 0 unspecified atom stereocenters. The number of benzene rings is 1. The van der Waals surface area contributed by atoms with Gasteiger partial charge in [-0.3, -0.25) is 0 Å². The first-order chi connectivity index (χ1) is 7.36. The van der Waals surface area contributed by atoms with E-state index in [1.807, 2.05) is 24.3 Å². The number of rotatable bonds is 0. The molecule has 0 saturated carbocycles. The second kappa shape index (κ2) is 5.56. The molecule has 1 aromatic carbocycles. The molecule has 0 atom stereocenters. The minimum atomic E-state index is -0.189. The first-order valence-electron chi connectivity index (χ1n) is 5.40. The standard InChI is InChI=1S/C13H12O2.2ClH/c14-13-11-7-2-1-5-9(11)10-6-3-4-8-12(10)15-13;;/h1-2,5,7H,3-4,6,8H2;2*1H. The van der Waals surface area contributed by atoms with Crippen LogP contribution < -0.4 is 5.63 Å². The molecule has 1 heterocycles. The second-order valence-corrected chi connectivity index (χ2v) is 4.04. The summed E-state index contributed by atoms with van der Waals surface area (Å²) >= 11 is 0. The molecule has 0 saturated heterocycles. The second-order valence-electron chi connectivity index (χ2n) is 4.04. The van der Waals surface area contributed by atoms with Gasteiger partial charge in [-0.25, -0.2) is 4.79 Å². The van der Waals surface area contributed by atoms with Crippen LogP contribution in [0.25, 0.3) is 10.8 Å². The van der Waals surface area contributed by atoms with E-state index in [1.54, 1.807) is 0 Å². The predicted octanol–water partition coefficient (Wildman–Crippen LogP) is 3.52. The zero-order chi connectivity index (χ0) is 10.3. The summed E-state index contributed by atoms with van der Waals surface area (Å²) in [5.41, 5.74) is 1.06. The van der Waals surface area contributed by atoms with Gasteiger partial charge >= 0.3 is 5.63 Å². The molecular formula is C13H14Cl2O2. The van der Waals surface area contributed by atoms with E-state index in [-0.39, 0.29) is 30.4 Å². The van der Waals surface area contributed by atoms with Crippen LogP contribution in [0.5, 0.6) is 0 Å². The van der Waals surface area contributed by atoms with Crippen LogP contribution >= 0.6 is 24.8 Å². The molecule has 0 fully saturated rings. The summed E-state index contributed by atoms with van der Waals surface area (Å²) in [6, 6.07) is 7.73. The molecule has 2 aromatic rings. The molecular weight excluding hydrogens is 259 g/mol. The van der Waals surface area contributed by atoms with Crippen molar-refractivity contribution in [1.29, 1.82) is 0 Å². The Bertz CT molecular complexity index is 575. The maximum absolute atomic E-state index is 11.7. The molecule has 3 rings (SSSR count). The third-order valence-corrected chi connectivity index (χ3v) is 3.11. The molecule has 17 heavy (non-hydrogen) atoms. The van der Waals surface area contributed by atoms with Crippen LogP contribution in [0.15, 0.2) is 33.5 Å². The summed E-state index contributed by atoms with van der Waals surface area (Å²) in [7, 11) is 0. The van der Waals surface area contributed by atoms with E-state index in [0.717, 1.165) is 35.8 Å². The smallest absolute Gasteiger partial charge is 0.343 e. The highest BCUT2D eigenvalue weighted by molar-refractivity contribution is 5.86. The van der Waals surface area contributed by atoms with Crippen molar-refractivity contribution in [3.05, 3.63) is 46.0 Å². The van der Waals surface area contributed by atoms with E-state index < -0.39 is 0 Å². The fourth-order valence-electron chi connectivity index (χ4n) is 2.37. The highest BCUT2D eigenvalue weighted by atomic mass is 35.5. The van der Waals surface area contributed by atoms with E-state index in [0.29, 0.717) is 0 Å². The van der Waals surface area contributed by atoms with E-state index in [9.17, 15) is 4.79 Å². The van der Waals surface area contributed by atoms with Crippen LogP contribution in [0.3, 0.4) is 0 Å². The molecule has 0 aliphatic heterocycles. The molecule has 4 heteroatoms. The van der Waals surface area contributed by atoms with Gasteiger partial charge in [0.2, 0.25) is 0 Å². The minimum absolute atomic E-state index is 0. The first-order valence-corrected chi connectivity index (χ1v) is 5.40. The van der Waals surface area contributed by atoms with Crippen molar-refractivity contribution in [3.63, 3.8) is 0 Å². The quantitative estimate of drug-likeness (QED) is 0.735. The SMILES string of the molecule is Cl.Cl.O=c1oc2c(c3ccccc13)CCCC2. The van der Waals surface area contributed by atoms with Crippen LogP contribution in [0.1, 0.15) is 24.2 Å². The normalized spacial score (nSPS) is 13.4. The Hall–Kier alpha value is -0.990. The Labute approximate surface area is 112 Å². The third kappa shape index (κ3) is 2.33. The Morgan fingerprint density at radius 1 is 0.941 bits per heavy atom. The lowest BCUT2D eigenvalue weighted by Crippen LogP contribution is -2.10. The molecule has 1 aliphatic carbocycles. The molecule has 0 bridgehead atoms. The number of aryl methyl sites for hydroxylation is 2. The first kappa shape index (κ1) is 14.1. The Kier molecular flexibility index (Phi) is 4.61. The summed E-state index contributed by atoms with van der Waals surface area (Å²) in [6.45, 7) is 0. The number of hydrogen-bond acceptors (Lipinski definition) is 2. The van der Waals surface area contributed by atoms with E-state index >= 15 is 0 Å². The molecule has 1 aliphatic rings. The minimum Gasteiger partial charge on any atom is -0.427 e. The van der Waals surface area contributed by atoms with Gasteiger partial charge in [0.05, 0.1) is 5.39 Å². The largest absolute Gasteiger partial charge is 0.427 e. The number of hydrogen-bond donors (Lipinski definition) is 0. The number of halogens is 2. The van der Waals surface area contributed by atoms with Gasteiger partial charge in [0, 0.05) is 6.42 Å². The van der Waals surface area contributed by atoms with Crippen molar-refractivity contribution in [1.82, 2.24) is 0 Å². The average Bonchev–Trinajstić information content (AvgIpc) is 2.30. The summed E-state index contributed by atoms with van der Waals surface area (Å²) < 4.78 is 5.36. The fraction of sp³-hybridized carbons (Fsp3) is 0.308. The zero-order valence-electron chi connectivity index (χ0n) is 9.27. The average molecular weight is 273 g/mol. The van der Waals surface area contributed by atoms with Gasteiger partial charge in [0.15, 0.2) is 0 Å². The van der Waals surface area contributed by atoms with Gasteiger partial charge < -0.3 is 4.42 Å². The third-order valence-electron chi connectivity index (χ3n) is 3.11.